The van der Waals surface area contributed by atoms with Crippen LogP contribution in [0.2, 0.25) is 0 Å². The van der Waals surface area contributed by atoms with E-state index in [-0.39, 0.29) is 10.8 Å². The van der Waals surface area contributed by atoms with Crippen molar-refractivity contribution in [1.82, 2.24) is 19.1 Å². The maximum atomic E-state index is 5.01. The highest BCUT2D eigenvalue weighted by Crippen LogP contribution is 2.50. The Bertz CT molecular complexity index is 2930. The van der Waals surface area contributed by atoms with Crippen LogP contribution in [0.1, 0.15) is 49.9 Å². The summed E-state index contributed by atoms with van der Waals surface area (Å²) in [6.45, 7) is 9.34. The van der Waals surface area contributed by atoms with Gasteiger partial charge in [-0.3, -0.25) is 9.13 Å². The van der Waals surface area contributed by atoms with Gasteiger partial charge in [-0.05, 0) is 71.3 Å². The number of benzene rings is 5. The molecule has 51 heavy (non-hydrogen) atoms. The van der Waals surface area contributed by atoms with Crippen LogP contribution >= 0.6 is 0 Å². The highest BCUT2D eigenvalue weighted by Gasteiger charge is 2.37. The van der Waals surface area contributed by atoms with Gasteiger partial charge in [0, 0.05) is 67.4 Å². The summed E-state index contributed by atoms with van der Waals surface area (Å²) in [6, 6.07) is 46.7. The van der Waals surface area contributed by atoms with Gasteiger partial charge in [-0.1, -0.05) is 100 Å². The van der Waals surface area contributed by atoms with E-state index in [9.17, 15) is 0 Å². The van der Waals surface area contributed by atoms with Crippen LogP contribution in [-0.4, -0.2) is 19.1 Å². The molecule has 244 valence electrons. The van der Waals surface area contributed by atoms with E-state index in [0.717, 1.165) is 34.0 Å². The molecule has 2 aliphatic heterocycles. The number of rotatable bonds is 3. The summed E-state index contributed by atoms with van der Waals surface area (Å²) in [5.41, 5.74) is 13.9. The predicted octanol–water partition coefficient (Wildman–Crippen LogP) is 11.4. The van der Waals surface area contributed by atoms with Crippen LogP contribution in [-0.2, 0) is 10.8 Å². The van der Waals surface area contributed by atoms with Gasteiger partial charge < -0.3 is 4.90 Å². The predicted molar refractivity (Wildman–Crippen MR) is 210 cm³/mol. The average Bonchev–Trinajstić information content (AvgIpc) is 3.67. The summed E-state index contributed by atoms with van der Waals surface area (Å²) in [5, 5.41) is 4.92. The molecule has 5 nitrogen and oxygen atoms in total. The zero-order chi connectivity index (χ0) is 34.2. The van der Waals surface area contributed by atoms with Crippen LogP contribution in [0.3, 0.4) is 0 Å². The van der Waals surface area contributed by atoms with E-state index >= 15 is 0 Å². The minimum absolute atomic E-state index is 0.162. The number of hydrogen-bond acceptors (Lipinski definition) is 3. The van der Waals surface area contributed by atoms with Crippen LogP contribution in [0.4, 0.5) is 17.1 Å². The Hall–Kier alpha value is -6.20. The van der Waals surface area contributed by atoms with E-state index in [1.807, 2.05) is 18.5 Å². The van der Waals surface area contributed by atoms with Crippen LogP contribution in [0.25, 0.3) is 55.2 Å². The van der Waals surface area contributed by atoms with Crippen molar-refractivity contribution in [3.63, 3.8) is 0 Å². The Morgan fingerprint density at radius 3 is 1.90 bits per heavy atom. The minimum Gasteiger partial charge on any atom is -0.310 e. The van der Waals surface area contributed by atoms with E-state index in [1.54, 1.807) is 0 Å². The Balaban J connectivity index is 1.19. The Morgan fingerprint density at radius 1 is 0.471 bits per heavy atom. The Kier molecular flexibility index (Phi) is 5.46. The standard InChI is InChI=1S/C46H35N5/c1-45(2)35-23-21-30(27-40(35)51-42-33(15-9-17-36(42)45)34-16-10-24-47-43(34)51)49(28-12-6-5-7-13-28)29-20-22-31-32-14-8-18-37-41(32)50(39(31)26-29)44-38(46(37,3)4)19-11-25-48-44/h5-27H,1-4H3. The highest BCUT2D eigenvalue weighted by molar-refractivity contribution is 6.13. The second-order valence-corrected chi connectivity index (χ2v) is 15.1. The fourth-order valence-corrected chi connectivity index (χ4v) is 9.30. The van der Waals surface area contributed by atoms with Crippen molar-refractivity contribution in [2.75, 3.05) is 4.90 Å². The quantitative estimate of drug-likeness (QED) is 0.190. The van der Waals surface area contributed by atoms with E-state index < -0.39 is 0 Å². The minimum atomic E-state index is -0.186. The molecular formula is C46H35N5. The molecule has 0 N–H and O–H groups in total. The zero-order valence-corrected chi connectivity index (χ0v) is 29.0. The lowest BCUT2D eigenvalue weighted by atomic mass is 9.74. The van der Waals surface area contributed by atoms with Crippen LogP contribution in [0.15, 0.2) is 140 Å². The Labute approximate surface area is 296 Å². The molecule has 0 saturated heterocycles. The average molecular weight is 658 g/mol. The molecule has 0 spiro atoms. The van der Waals surface area contributed by atoms with Crippen molar-refractivity contribution in [3.8, 4) is 11.5 Å². The van der Waals surface area contributed by atoms with Gasteiger partial charge in [0.1, 0.15) is 11.5 Å². The maximum Gasteiger partial charge on any atom is 0.145 e. The van der Waals surface area contributed by atoms with E-state index in [1.165, 1.54) is 60.5 Å². The van der Waals surface area contributed by atoms with Crippen LogP contribution in [0, 0.1) is 0 Å². The third-order valence-corrected chi connectivity index (χ3v) is 11.8. The molecule has 0 bridgehead atoms. The largest absolute Gasteiger partial charge is 0.310 e. The number of pyridine rings is 2. The molecule has 0 aliphatic carbocycles. The van der Waals surface area contributed by atoms with Gasteiger partial charge in [-0.25, -0.2) is 9.97 Å². The number of fused-ring (bicyclic) bond motifs is 10. The molecule has 9 aromatic rings. The summed E-state index contributed by atoms with van der Waals surface area (Å²) in [5.74, 6) is 1.01. The van der Waals surface area contributed by atoms with Gasteiger partial charge in [-0.15, -0.1) is 0 Å². The third-order valence-electron chi connectivity index (χ3n) is 11.8. The second kappa shape index (κ2) is 9.73. The smallest absolute Gasteiger partial charge is 0.145 e. The van der Waals surface area contributed by atoms with Crippen molar-refractivity contribution in [3.05, 3.63) is 162 Å². The SMILES string of the molecule is CC1(C)c2cccnc2-n2c3cc(N(c4ccccc4)c4ccc5c(c4)-n4c6ncccc6c6cccc(c64)C5(C)C)ccc3c3cccc1c32. The van der Waals surface area contributed by atoms with Gasteiger partial charge in [0.25, 0.3) is 0 Å². The first kappa shape index (κ1) is 28.6. The van der Waals surface area contributed by atoms with Crippen molar-refractivity contribution in [2.24, 2.45) is 0 Å². The molecule has 2 aliphatic rings. The Morgan fingerprint density at radius 2 is 1.10 bits per heavy atom. The second-order valence-electron chi connectivity index (χ2n) is 15.1. The molecule has 0 fully saturated rings. The lowest BCUT2D eigenvalue weighted by molar-refractivity contribution is 0.624. The van der Waals surface area contributed by atoms with Crippen molar-refractivity contribution in [1.29, 1.82) is 0 Å². The lowest BCUT2D eigenvalue weighted by Gasteiger charge is -2.36. The van der Waals surface area contributed by atoms with Crippen molar-refractivity contribution < 1.29 is 0 Å². The topological polar surface area (TPSA) is 38.9 Å². The number of anilines is 3. The molecule has 0 amide bonds. The molecule has 0 saturated carbocycles. The van der Waals surface area contributed by atoms with Crippen LogP contribution < -0.4 is 4.90 Å². The van der Waals surface area contributed by atoms with Gasteiger partial charge in [0.2, 0.25) is 0 Å². The molecule has 11 rings (SSSR count). The highest BCUT2D eigenvalue weighted by atomic mass is 15.2. The summed E-state index contributed by atoms with van der Waals surface area (Å²) in [7, 11) is 0. The first-order valence-electron chi connectivity index (χ1n) is 17.8. The third kappa shape index (κ3) is 3.60. The lowest BCUT2D eigenvalue weighted by Crippen LogP contribution is -2.27. The maximum absolute atomic E-state index is 5.01. The normalized spacial score (nSPS) is 15.0. The number of para-hydroxylation sites is 3. The zero-order valence-electron chi connectivity index (χ0n) is 29.0. The molecular weight excluding hydrogens is 623 g/mol. The first-order chi connectivity index (χ1) is 24.8. The summed E-state index contributed by atoms with van der Waals surface area (Å²) in [6.07, 6.45) is 3.83. The number of hydrogen-bond donors (Lipinski definition) is 0. The summed E-state index contributed by atoms with van der Waals surface area (Å²) in [4.78, 5) is 12.4. The van der Waals surface area contributed by atoms with Gasteiger partial charge in [0.15, 0.2) is 0 Å². The molecule has 0 atom stereocenters. The van der Waals surface area contributed by atoms with Crippen LogP contribution in [0.5, 0.6) is 0 Å². The molecule has 0 unspecified atom stereocenters. The molecule has 0 radical (unpaired) electrons. The van der Waals surface area contributed by atoms with Crippen molar-refractivity contribution >= 4 is 60.8 Å². The van der Waals surface area contributed by atoms with Gasteiger partial charge in [0.05, 0.1) is 22.2 Å². The van der Waals surface area contributed by atoms with E-state index in [0.29, 0.717) is 0 Å². The monoisotopic (exact) mass is 657 g/mol. The fraction of sp³-hybridized carbons (Fsp3) is 0.130. The summed E-state index contributed by atoms with van der Waals surface area (Å²) < 4.78 is 4.79. The van der Waals surface area contributed by atoms with Crippen molar-refractivity contribution in [2.45, 2.75) is 38.5 Å². The van der Waals surface area contributed by atoms with Gasteiger partial charge >= 0.3 is 0 Å². The molecule has 5 aromatic carbocycles. The number of aromatic nitrogens is 4. The molecule has 6 heterocycles. The van der Waals surface area contributed by atoms with Gasteiger partial charge in [-0.2, -0.15) is 0 Å². The molecule has 4 aromatic heterocycles. The molecule has 5 heteroatoms. The fourth-order valence-electron chi connectivity index (χ4n) is 9.30. The summed E-state index contributed by atoms with van der Waals surface area (Å²) >= 11 is 0. The van der Waals surface area contributed by atoms with E-state index in [2.05, 4.69) is 163 Å². The first-order valence-corrected chi connectivity index (χ1v) is 17.8. The van der Waals surface area contributed by atoms with E-state index in [4.69, 9.17) is 9.97 Å². The number of nitrogens with zero attached hydrogens (tertiary/aromatic N) is 5.